The molecule has 1 rings (SSSR count). The maximum absolute atomic E-state index is 11.5. The van der Waals surface area contributed by atoms with Gasteiger partial charge in [0.05, 0.1) is 18.2 Å². The third-order valence-electron chi connectivity index (χ3n) is 2.36. The maximum atomic E-state index is 11.5. The number of rotatable bonds is 5. The molecule has 0 bridgehead atoms. The number of unbranched alkanes of at least 4 members (excludes halogenated alkanes) is 1. The van der Waals surface area contributed by atoms with Gasteiger partial charge in [0.2, 0.25) is 0 Å². The van der Waals surface area contributed by atoms with Crippen molar-refractivity contribution in [2.45, 2.75) is 26.2 Å². The first-order valence-electron chi connectivity index (χ1n) is 5.13. The smallest absolute Gasteiger partial charge is 0.340 e. The van der Waals surface area contributed by atoms with Crippen LogP contribution in [0.1, 0.15) is 46.2 Å². The average molecular weight is 225 g/mol. The van der Waals surface area contributed by atoms with Gasteiger partial charge in [0.25, 0.3) is 0 Å². The number of aryl methyl sites for hydroxylation is 1. The monoisotopic (exact) mass is 225 g/mol. The van der Waals surface area contributed by atoms with Crippen LogP contribution in [0.4, 0.5) is 0 Å². The third kappa shape index (κ3) is 2.42. The van der Waals surface area contributed by atoms with Crippen molar-refractivity contribution in [3.63, 3.8) is 0 Å². The first kappa shape index (κ1) is 12.3. The number of carboxylic acids is 1. The molecule has 1 heterocycles. The molecule has 0 spiro atoms. The number of esters is 1. The number of aromatic carboxylic acids is 1. The van der Waals surface area contributed by atoms with Crippen molar-refractivity contribution in [3.05, 3.63) is 23.0 Å². The standard InChI is InChI=1S/C11H15NO4/c1-3-4-5-8-9(11(15)16-2)7(6-12-8)10(13)14/h6,12H,3-5H2,1-2H3,(H,13,14). The van der Waals surface area contributed by atoms with Gasteiger partial charge in [0.15, 0.2) is 0 Å². The molecule has 1 aromatic rings. The van der Waals surface area contributed by atoms with E-state index in [1.54, 1.807) is 0 Å². The van der Waals surface area contributed by atoms with Crippen LogP contribution in [0.15, 0.2) is 6.20 Å². The molecule has 0 aliphatic rings. The van der Waals surface area contributed by atoms with Crippen molar-refractivity contribution >= 4 is 11.9 Å². The number of H-pyrrole nitrogens is 1. The van der Waals surface area contributed by atoms with Crippen LogP contribution in [0.2, 0.25) is 0 Å². The Morgan fingerprint density at radius 3 is 2.69 bits per heavy atom. The van der Waals surface area contributed by atoms with Crippen LogP contribution in [0.25, 0.3) is 0 Å². The maximum Gasteiger partial charge on any atom is 0.340 e. The van der Waals surface area contributed by atoms with Gasteiger partial charge in [-0.25, -0.2) is 9.59 Å². The van der Waals surface area contributed by atoms with Gasteiger partial charge in [-0.05, 0) is 12.8 Å². The summed E-state index contributed by atoms with van der Waals surface area (Å²) in [5, 5.41) is 8.92. The fourth-order valence-electron chi connectivity index (χ4n) is 1.52. The zero-order valence-corrected chi connectivity index (χ0v) is 9.37. The highest BCUT2D eigenvalue weighted by atomic mass is 16.5. The summed E-state index contributed by atoms with van der Waals surface area (Å²) in [5.74, 6) is -1.73. The van der Waals surface area contributed by atoms with Gasteiger partial charge in [-0.15, -0.1) is 0 Å². The lowest BCUT2D eigenvalue weighted by Crippen LogP contribution is -2.10. The predicted molar refractivity (Wildman–Crippen MR) is 57.7 cm³/mol. The molecular formula is C11H15NO4. The Hall–Kier alpha value is -1.78. The molecule has 0 amide bonds. The van der Waals surface area contributed by atoms with Crippen LogP contribution in [0.5, 0.6) is 0 Å². The van der Waals surface area contributed by atoms with E-state index < -0.39 is 11.9 Å². The summed E-state index contributed by atoms with van der Waals surface area (Å²) in [6, 6.07) is 0. The van der Waals surface area contributed by atoms with E-state index in [1.807, 2.05) is 6.92 Å². The first-order chi connectivity index (χ1) is 7.61. The van der Waals surface area contributed by atoms with Gasteiger partial charge in [-0.1, -0.05) is 13.3 Å². The Labute approximate surface area is 93.4 Å². The molecule has 88 valence electrons. The Morgan fingerprint density at radius 2 is 2.19 bits per heavy atom. The second-order valence-electron chi connectivity index (χ2n) is 3.46. The Balaban J connectivity index is 3.09. The number of carbonyl (C=O) groups excluding carboxylic acids is 1. The lowest BCUT2D eigenvalue weighted by molar-refractivity contribution is 0.0582. The second-order valence-corrected chi connectivity index (χ2v) is 3.46. The van der Waals surface area contributed by atoms with Gasteiger partial charge in [-0.3, -0.25) is 0 Å². The van der Waals surface area contributed by atoms with Crippen molar-refractivity contribution in [2.24, 2.45) is 0 Å². The SMILES string of the molecule is CCCCc1[nH]cc(C(=O)O)c1C(=O)OC. The fourth-order valence-corrected chi connectivity index (χ4v) is 1.52. The minimum absolute atomic E-state index is 0.0297. The molecule has 16 heavy (non-hydrogen) atoms. The molecule has 0 saturated carbocycles. The third-order valence-corrected chi connectivity index (χ3v) is 2.36. The highest BCUT2D eigenvalue weighted by molar-refractivity contribution is 6.03. The van der Waals surface area contributed by atoms with Crippen molar-refractivity contribution in [2.75, 3.05) is 7.11 Å². The molecule has 0 atom stereocenters. The second kappa shape index (κ2) is 5.34. The minimum Gasteiger partial charge on any atom is -0.478 e. The average Bonchev–Trinajstić information content (AvgIpc) is 2.69. The van der Waals surface area contributed by atoms with Crippen LogP contribution in [-0.4, -0.2) is 29.1 Å². The molecule has 5 nitrogen and oxygen atoms in total. The summed E-state index contributed by atoms with van der Waals surface area (Å²) in [6.07, 6.45) is 3.85. The summed E-state index contributed by atoms with van der Waals surface area (Å²) < 4.78 is 4.58. The van der Waals surface area contributed by atoms with Crippen LogP contribution < -0.4 is 0 Å². The molecule has 2 N–H and O–H groups in total. The molecule has 0 aromatic carbocycles. The number of methoxy groups -OCH3 is 1. The van der Waals surface area contributed by atoms with Gasteiger partial charge >= 0.3 is 11.9 Å². The summed E-state index contributed by atoms with van der Waals surface area (Å²) in [6.45, 7) is 2.03. The highest BCUT2D eigenvalue weighted by Gasteiger charge is 2.22. The van der Waals surface area contributed by atoms with Crippen molar-refractivity contribution in [1.82, 2.24) is 4.98 Å². The number of aromatic amines is 1. The number of carbonyl (C=O) groups is 2. The van der Waals surface area contributed by atoms with E-state index in [1.165, 1.54) is 13.3 Å². The fraction of sp³-hybridized carbons (Fsp3) is 0.455. The summed E-state index contributed by atoms with van der Waals surface area (Å²) in [4.78, 5) is 25.2. The highest BCUT2D eigenvalue weighted by Crippen LogP contribution is 2.17. The molecular weight excluding hydrogens is 210 g/mol. The number of ether oxygens (including phenoxy) is 1. The molecule has 0 fully saturated rings. The first-order valence-corrected chi connectivity index (χ1v) is 5.13. The van der Waals surface area contributed by atoms with E-state index in [2.05, 4.69) is 9.72 Å². The molecule has 0 unspecified atom stereocenters. The van der Waals surface area contributed by atoms with Crippen molar-refractivity contribution in [1.29, 1.82) is 0 Å². The molecule has 0 aliphatic heterocycles. The molecule has 0 aliphatic carbocycles. The molecule has 0 saturated heterocycles. The van der Waals surface area contributed by atoms with E-state index in [-0.39, 0.29) is 11.1 Å². The van der Waals surface area contributed by atoms with Gasteiger partial charge in [0.1, 0.15) is 0 Å². The topological polar surface area (TPSA) is 79.4 Å². The van der Waals surface area contributed by atoms with E-state index in [0.29, 0.717) is 12.1 Å². The van der Waals surface area contributed by atoms with Gasteiger partial charge in [0, 0.05) is 11.9 Å². The summed E-state index contributed by atoms with van der Waals surface area (Å²) in [7, 11) is 1.24. The van der Waals surface area contributed by atoms with Crippen molar-refractivity contribution < 1.29 is 19.4 Å². The Bertz CT molecular complexity index is 395. The Morgan fingerprint density at radius 1 is 1.50 bits per heavy atom. The van der Waals surface area contributed by atoms with E-state index in [0.717, 1.165) is 12.8 Å². The number of hydrogen-bond acceptors (Lipinski definition) is 3. The quantitative estimate of drug-likeness (QED) is 0.749. The zero-order valence-electron chi connectivity index (χ0n) is 9.37. The largest absolute Gasteiger partial charge is 0.478 e. The van der Waals surface area contributed by atoms with Gasteiger partial charge < -0.3 is 14.8 Å². The number of nitrogens with one attached hydrogen (secondary N) is 1. The number of hydrogen-bond donors (Lipinski definition) is 2. The minimum atomic E-state index is -1.13. The number of carboxylic acid groups (broad SMARTS) is 1. The predicted octanol–water partition coefficient (Wildman–Crippen LogP) is 1.84. The zero-order chi connectivity index (χ0) is 12.1. The van der Waals surface area contributed by atoms with Crippen LogP contribution in [-0.2, 0) is 11.2 Å². The van der Waals surface area contributed by atoms with E-state index in [4.69, 9.17) is 5.11 Å². The Kier molecular flexibility index (Phi) is 4.10. The van der Waals surface area contributed by atoms with E-state index >= 15 is 0 Å². The lowest BCUT2D eigenvalue weighted by atomic mass is 10.1. The van der Waals surface area contributed by atoms with Crippen LogP contribution in [0, 0.1) is 0 Å². The molecule has 0 radical (unpaired) electrons. The normalized spacial score (nSPS) is 10.1. The van der Waals surface area contributed by atoms with E-state index in [9.17, 15) is 9.59 Å². The summed E-state index contributed by atoms with van der Waals surface area (Å²) in [5.41, 5.74) is 0.743. The molecule has 5 heteroatoms. The summed E-state index contributed by atoms with van der Waals surface area (Å²) >= 11 is 0. The van der Waals surface area contributed by atoms with Crippen LogP contribution in [0.3, 0.4) is 0 Å². The lowest BCUT2D eigenvalue weighted by Gasteiger charge is -2.02. The molecule has 1 aromatic heterocycles. The van der Waals surface area contributed by atoms with Gasteiger partial charge in [-0.2, -0.15) is 0 Å². The van der Waals surface area contributed by atoms with Crippen molar-refractivity contribution in [3.8, 4) is 0 Å². The van der Waals surface area contributed by atoms with Crippen LogP contribution >= 0.6 is 0 Å². The number of aromatic nitrogens is 1.